The first kappa shape index (κ1) is 15.3. The van der Waals surface area contributed by atoms with Gasteiger partial charge in [-0.3, -0.25) is 4.98 Å². The molecular formula is C19H18N6. The van der Waals surface area contributed by atoms with Crippen LogP contribution in [0.2, 0.25) is 0 Å². The van der Waals surface area contributed by atoms with Crippen LogP contribution in [0, 0.1) is 0 Å². The van der Waals surface area contributed by atoms with Crippen molar-refractivity contribution in [1.82, 2.24) is 24.9 Å². The number of nitrogens with one attached hydrogen (secondary N) is 2. The zero-order valence-corrected chi connectivity index (χ0v) is 13.9. The Morgan fingerprint density at radius 1 is 0.960 bits per heavy atom. The summed E-state index contributed by atoms with van der Waals surface area (Å²) in [6.45, 7) is 2.14. The standard InChI is InChI=1S/C19H18N6/c1-2-5-18-23-15-8-7-13(12-17(15)24-18)22-19-21-11-9-16(25-19)14-6-3-4-10-20-14/h3-4,6-12H,2,5H2,1H3,(H,23,24)(H,21,22,25). The van der Waals surface area contributed by atoms with Crippen LogP contribution in [-0.2, 0) is 6.42 Å². The first-order valence-corrected chi connectivity index (χ1v) is 8.32. The highest BCUT2D eigenvalue weighted by molar-refractivity contribution is 5.80. The van der Waals surface area contributed by atoms with Crippen LogP contribution >= 0.6 is 0 Å². The van der Waals surface area contributed by atoms with Crippen LogP contribution in [0.25, 0.3) is 22.4 Å². The third kappa shape index (κ3) is 3.33. The molecule has 6 nitrogen and oxygen atoms in total. The van der Waals surface area contributed by atoms with Gasteiger partial charge in [0.05, 0.1) is 22.4 Å². The zero-order valence-electron chi connectivity index (χ0n) is 13.9. The minimum Gasteiger partial charge on any atom is -0.342 e. The second-order valence-electron chi connectivity index (χ2n) is 5.77. The van der Waals surface area contributed by atoms with Crippen LogP contribution in [-0.4, -0.2) is 24.9 Å². The van der Waals surface area contributed by atoms with E-state index in [1.165, 1.54) is 0 Å². The number of aromatic nitrogens is 5. The van der Waals surface area contributed by atoms with E-state index in [4.69, 9.17) is 0 Å². The lowest BCUT2D eigenvalue weighted by Crippen LogP contribution is -1.98. The number of hydrogen-bond donors (Lipinski definition) is 2. The Kier molecular flexibility index (Phi) is 4.08. The molecule has 0 atom stereocenters. The molecule has 0 spiro atoms. The molecule has 0 fully saturated rings. The maximum Gasteiger partial charge on any atom is 0.227 e. The van der Waals surface area contributed by atoms with E-state index in [1.54, 1.807) is 12.4 Å². The molecule has 0 radical (unpaired) electrons. The van der Waals surface area contributed by atoms with Gasteiger partial charge < -0.3 is 10.3 Å². The number of pyridine rings is 1. The van der Waals surface area contributed by atoms with E-state index >= 15 is 0 Å². The highest BCUT2D eigenvalue weighted by atomic mass is 15.1. The number of rotatable bonds is 5. The van der Waals surface area contributed by atoms with Crippen molar-refractivity contribution in [2.24, 2.45) is 0 Å². The molecule has 4 rings (SSSR count). The maximum absolute atomic E-state index is 4.58. The Bertz CT molecular complexity index is 993. The van der Waals surface area contributed by atoms with Gasteiger partial charge in [-0.15, -0.1) is 0 Å². The van der Waals surface area contributed by atoms with Gasteiger partial charge in [0.2, 0.25) is 5.95 Å². The van der Waals surface area contributed by atoms with Gasteiger partial charge in [0, 0.05) is 24.5 Å². The second kappa shape index (κ2) is 6.68. The molecule has 0 saturated carbocycles. The van der Waals surface area contributed by atoms with Gasteiger partial charge in [-0.05, 0) is 42.8 Å². The van der Waals surface area contributed by atoms with Gasteiger partial charge in [-0.1, -0.05) is 13.0 Å². The summed E-state index contributed by atoms with van der Waals surface area (Å²) >= 11 is 0. The Hall–Kier alpha value is -3.28. The third-order valence-corrected chi connectivity index (χ3v) is 3.86. The number of aryl methyl sites for hydroxylation is 1. The van der Waals surface area contributed by atoms with Gasteiger partial charge in [0.15, 0.2) is 0 Å². The van der Waals surface area contributed by atoms with Gasteiger partial charge in [0.1, 0.15) is 5.82 Å². The SMILES string of the molecule is CCCc1nc2ccc(Nc3nccc(-c4ccccn4)n3)cc2[nH]1. The van der Waals surface area contributed by atoms with Gasteiger partial charge >= 0.3 is 0 Å². The topological polar surface area (TPSA) is 79.4 Å². The lowest BCUT2D eigenvalue weighted by Gasteiger charge is -2.06. The first-order chi connectivity index (χ1) is 12.3. The molecule has 1 aromatic carbocycles. The number of hydrogen-bond acceptors (Lipinski definition) is 5. The predicted molar refractivity (Wildman–Crippen MR) is 98.6 cm³/mol. The zero-order chi connectivity index (χ0) is 17.1. The van der Waals surface area contributed by atoms with E-state index in [1.807, 2.05) is 42.5 Å². The van der Waals surface area contributed by atoms with E-state index in [2.05, 4.69) is 37.2 Å². The van der Waals surface area contributed by atoms with E-state index < -0.39 is 0 Å². The van der Waals surface area contributed by atoms with E-state index in [9.17, 15) is 0 Å². The first-order valence-electron chi connectivity index (χ1n) is 8.32. The number of aromatic amines is 1. The number of anilines is 2. The molecule has 124 valence electrons. The Morgan fingerprint density at radius 3 is 2.76 bits per heavy atom. The van der Waals surface area contributed by atoms with Crippen molar-refractivity contribution in [3.05, 3.63) is 60.7 Å². The fourth-order valence-corrected chi connectivity index (χ4v) is 2.70. The molecule has 25 heavy (non-hydrogen) atoms. The number of nitrogens with zero attached hydrogens (tertiary/aromatic N) is 4. The summed E-state index contributed by atoms with van der Waals surface area (Å²) in [6.07, 6.45) is 5.50. The van der Waals surface area contributed by atoms with E-state index in [0.717, 1.165) is 46.8 Å². The monoisotopic (exact) mass is 330 g/mol. The highest BCUT2D eigenvalue weighted by Crippen LogP contribution is 2.21. The molecule has 0 aliphatic rings. The number of fused-ring (bicyclic) bond motifs is 1. The summed E-state index contributed by atoms with van der Waals surface area (Å²) in [7, 11) is 0. The van der Waals surface area contributed by atoms with Gasteiger partial charge in [-0.2, -0.15) is 0 Å². The van der Waals surface area contributed by atoms with Crippen LogP contribution in [0.3, 0.4) is 0 Å². The molecule has 3 aromatic heterocycles. The molecule has 0 unspecified atom stereocenters. The van der Waals surface area contributed by atoms with E-state index in [-0.39, 0.29) is 0 Å². The summed E-state index contributed by atoms with van der Waals surface area (Å²) < 4.78 is 0. The molecule has 4 aromatic rings. The molecule has 3 heterocycles. The normalized spacial score (nSPS) is 10.9. The molecule has 0 aliphatic carbocycles. The van der Waals surface area contributed by atoms with Crippen LogP contribution in [0.1, 0.15) is 19.2 Å². The molecule has 0 bridgehead atoms. The lowest BCUT2D eigenvalue weighted by atomic mass is 10.2. The van der Waals surface area contributed by atoms with Gasteiger partial charge in [-0.25, -0.2) is 15.0 Å². The lowest BCUT2D eigenvalue weighted by molar-refractivity contribution is 0.861. The quantitative estimate of drug-likeness (QED) is 0.575. The van der Waals surface area contributed by atoms with Crippen molar-refractivity contribution in [3.63, 3.8) is 0 Å². The van der Waals surface area contributed by atoms with Crippen LogP contribution in [0.4, 0.5) is 11.6 Å². The third-order valence-electron chi connectivity index (χ3n) is 3.86. The van der Waals surface area contributed by atoms with Crippen molar-refractivity contribution >= 4 is 22.7 Å². The van der Waals surface area contributed by atoms with Crippen molar-refractivity contribution in [2.75, 3.05) is 5.32 Å². The summed E-state index contributed by atoms with van der Waals surface area (Å²) in [6, 6.07) is 13.6. The van der Waals surface area contributed by atoms with E-state index in [0.29, 0.717) is 5.95 Å². The predicted octanol–water partition coefficient (Wildman–Crippen LogP) is 4.11. The van der Waals surface area contributed by atoms with Crippen molar-refractivity contribution in [2.45, 2.75) is 19.8 Å². The van der Waals surface area contributed by atoms with Gasteiger partial charge in [0.25, 0.3) is 0 Å². The Balaban J connectivity index is 1.60. The largest absolute Gasteiger partial charge is 0.342 e. The second-order valence-corrected chi connectivity index (χ2v) is 5.77. The number of H-pyrrole nitrogens is 1. The molecule has 0 saturated heterocycles. The van der Waals surface area contributed by atoms with Crippen LogP contribution in [0.5, 0.6) is 0 Å². The smallest absolute Gasteiger partial charge is 0.227 e. The molecule has 6 heteroatoms. The maximum atomic E-state index is 4.58. The number of imidazole rings is 1. The van der Waals surface area contributed by atoms with Crippen LogP contribution < -0.4 is 5.32 Å². The Morgan fingerprint density at radius 2 is 1.92 bits per heavy atom. The van der Waals surface area contributed by atoms with Crippen molar-refractivity contribution < 1.29 is 0 Å². The molecule has 0 aliphatic heterocycles. The van der Waals surface area contributed by atoms with Crippen molar-refractivity contribution in [1.29, 1.82) is 0 Å². The average Bonchev–Trinajstić information content (AvgIpc) is 3.05. The molecule has 0 amide bonds. The molecular weight excluding hydrogens is 312 g/mol. The summed E-state index contributed by atoms with van der Waals surface area (Å²) in [5.41, 5.74) is 4.50. The fraction of sp³-hybridized carbons (Fsp3) is 0.158. The number of benzene rings is 1. The Labute approximate surface area is 145 Å². The fourth-order valence-electron chi connectivity index (χ4n) is 2.70. The summed E-state index contributed by atoms with van der Waals surface area (Å²) in [5.74, 6) is 1.55. The molecule has 2 N–H and O–H groups in total. The average molecular weight is 330 g/mol. The van der Waals surface area contributed by atoms with Crippen LogP contribution in [0.15, 0.2) is 54.9 Å². The van der Waals surface area contributed by atoms with Crippen molar-refractivity contribution in [3.8, 4) is 11.4 Å². The summed E-state index contributed by atoms with van der Waals surface area (Å²) in [4.78, 5) is 21.1. The highest BCUT2D eigenvalue weighted by Gasteiger charge is 2.06. The minimum atomic E-state index is 0.538. The minimum absolute atomic E-state index is 0.538. The summed E-state index contributed by atoms with van der Waals surface area (Å²) in [5, 5.41) is 3.25.